The molecule has 0 bridgehead atoms. The number of carbonyl (C=O) groups excluding carboxylic acids is 1. The number of piperazine rings is 1. The highest BCUT2D eigenvalue weighted by Gasteiger charge is 2.35. The maximum Gasteiger partial charge on any atom is 0.410 e. The van der Waals surface area contributed by atoms with Crippen molar-refractivity contribution in [2.45, 2.75) is 70.6 Å². The monoisotopic (exact) mass is 611 g/mol. The number of benzene rings is 2. The first kappa shape index (κ1) is 30.9. The SMILES string of the molecule is CN1CCC[C@H]1COc1nc2c(c(N3CCN(C(=O)OC(C)(C)C)[C@H](CC#N)C3)n1)CCN(c1cccc3ccccc13)CC2. The molecule has 3 aliphatic heterocycles. The molecule has 4 heterocycles. The number of anilines is 2. The minimum Gasteiger partial charge on any atom is -0.462 e. The number of fused-ring (bicyclic) bond motifs is 2. The molecule has 3 aliphatic rings. The zero-order valence-electron chi connectivity index (χ0n) is 27.0. The number of amides is 1. The van der Waals surface area contributed by atoms with Crippen molar-refractivity contribution in [1.29, 1.82) is 5.26 Å². The molecule has 238 valence electrons. The number of rotatable bonds is 6. The summed E-state index contributed by atoms with van der Waals surface area (Å²) >= 11 is 0. The fourth-order valence-corrected chi connectivity index (χ4v) is 6.86. The van der Waals surface area contributed by atoms with Gasteiger partial charge >= 0.3 is 12.1 Å². The molecule has 0 spiro atoms. The lowest BCUT2D eigenvalue weighted by Crippen LogP contribution is -2.56. The van der Waals surface area contributed by atoms with Gasteiger partial charge in [0.15, 0.2) is 0 Å². The van der Waals surface area contributed by atoms with Gasteiger partial charge in [0.1, 0.15) is 18.0 Å². The molecule has 0 N–H and O–H groups in total. The molecule has 3 aromatic rings. The smallest absolute Gasteiger partial charge is 0.410 e. The first-order valence-electron chi connectivity index (χ1n) is 16.3. The van der Waals surface area contributed by atoms with Crippen LogP contribution in [0.3, 0.4) is 0 Å². The van der Waals surface area contributed by atoms with Crippen LogP contribution in [-0.2, 0) is 17.6 Å². The van der Waals surface area contributed by atoms with Crippen molar-refractivity contribution in [3.8, 4) is 12.1 Å². The second-order valence-corrected chi connectivity index (χ2v) is 13.5. The van der Waals surface area contributed by atoms with E-state index in [1.165, 1.54) is 22.9 Å². The van der Waals surface area contributed by atoms with Crippen LogP contribution in [0.1, 0.15) is 51.3 Å². The summed E-state index contributed by atoms with van der Waals surface area (Å²) in [7, 11) is 2.14. The Morgan fingerprint density at radius 3 is 2.56 bits per heavy atom. The molecular formula is C35H45N7O3. The molecule has 45 heavy (non-hydrogen) atoms. The highest BCUT2D eigenvalue weighted by Crippen LogP contribution is 2.33. The van der Waals surface area contributed by atoms with Crippen LogP contribution in [0.15, 0.2) is 42.5 Å². The lowest BCUT2D eigenvalue weighted by molar-refractivity contribution is 0.0144. The molecule has 6 rings (SSSR count). The fourth-order valence-electron chi connectivity index (χ4n) is 6.86. The first-order valence-corrected chi connectivity index (χ1v) is 16.3. The summed E-state index contributed by atoms with van der Waals surface area (Å²) in [5.74, 6) is 0.862. The van der Waals surface area contributed by atoms with Crippen molar-refractivity contribution < 1.29 is 14.3 Å². The topological polar surface area (TPSA) is 98.1 Å². The normalized spacial score (nSPS) is 20.9. The fraction of sp³-hybridized carbons (Fsp3) is 0.543. The van der Waals surface area contributed by atoms with E-state index in [0.29, 0.717) is 38.3 Å². The van der Waals surface area contributed by atoms with Gasteiger partial charge in [0.05, 0.1) is 24.2 Å². The molecule has 0 aliphatic carbocycles. The Kier molecular flexibility index (Phi) is 8.99. The first-order chi connectivity index (χ1) is 21.7. The minimum atomic E-state index is -0.606. The van der Waals surface area contributed by atoms with Gasteiger partial charge in [0.2, 0.25) is 0 Å². The zero-order valence-corrected chi connectivity index (χ0v) is 27.0. The molecule has 10 nitrogen and oxygen atoms in total. The van der Waals surface area contributed by atoms with E-state index < -0.39 is 5.60 Å². The molecule has 0 radical (unpaired) electrons. The third-order valence-corrected chi connectivity index (χ3v) is 9.22. The number of nitriles is 1. The van der Waals surface area contributed by atoms with E-state index in [4.69, 9.17) is 19.4 Å². The van der Waals surface area contributed by atoms with E-state index >= 15 is 0 Å². The molecule has 10 heteroatoms. The summed E-state index contributed by atoms with van der Waals surface area (Å²) in [5.41, 5.74) is 2.77. The van der Waals surface area contributed by atoms with Crippen molar-refractivity contribution in [2.24, 2.45) is 0 Å². The molecule has 1 amide bonds. The highest BCUT2D eigenvalue weighted by molar-refractivity contribution is 5.94. The third-order valence-electron chi connectivity index (χ3n) is 9.22. The lowest BCUT2D eigenvalue weighted by Gasteiger charge is -2.42. The quantitative estimate of drug-likeness (QED) is 0.379. The third kappa shape index (κ3) is 6.94. The van der Waals surface area contributed by atoms with Crippen molar-refractivity contribution in [2.75, 3.05) is 62.7 Å². The number of nitrogens with zero attached hydrogens (tertiary/aromatic N) is 7. The zero-order chi connectivity index (χ0) is 31.6. The Bertz CT molecular complexity index is 1560. The predicted octanol–water partition coefficient (Wildman–Crippen LogP) is 5.05. The van der Waals surface area contributed by atoms with E-state index in [-0.39, 0.29) is 18.6 Å². The molecule has 2 atom stereocenters. The van der Waals surface area contributed by atoms with Gasteiger partial charge in [-0.1, -0.05) is 36.4 Å². The van der Waals surface area contributed by atoms with E-state index in [1.54, 1.807) is 4.90 Å². The van der Waals surface area contributed by atoms with Crippen molar-refractivity contribution in [3.05, 3.63) is 53.7 Å². The van der Waals surface area contributed by atoms with Crippen molar-refractivity contribution >= 4 is 28.4 Å². The number of likely N-dealkylation sites (N-methyl/N-ethyl adjacent to an activating group) is 1. The van der Waals surface area contributed by atoms with Gasteiger partial charge in [-0.15, -0.1) is 0 Å². The lowest BCUT2D eigenvalue weighted by atomic mass is 10.1. The average molecular weight is 612 g/mol. The summed E-state index contributed by atoms with van der Waals surface area (Å²) in [6.45, 7) is 10.4. The summed E-state index contributed by atoms with van der Waals surface area (Å²) in [4.78, 5) is 31.9. The Morgan fingerprint density at radius 2 is 1.78 bits per heavy atom. The van der Waals surface area contributed by atoms with E-state index in [2.05, 4.69) is 70.3 Å². The predicted molar refractivity (Wildman–Crippen MR) is 176 cm³/mol. The molecule has 1 aromatic heterocycles. The van der Waals surface area contributed by atoms with Crippen LogP contribution >= 0.6 is 0 Å². The van der Waals surface area contributed by atoms with E-state index in [1.807, 2.05) is 20.8 Å². The Labute approximate surface area is 266 Å². The van der Waals surface area contributed by atoms with Crippen LogP contribution < -0.4 is 14.5 Å². The Hall–Kier alpha value is -4.10. The van der Waals surface area contributed by atoms with Gasteiger partial charge < -0.3 is 29.1 Å². The average Bonchev–Trinajstić information content (AvgIpc) is 3.31. The van der Waals surface area contributed by atoms with Gasteiger partial charge in [0.25, 0.3) is 0 Å². The van der Waals surface area contributed by atoms with E-state index in [0.717, 1.165) is 56.0 Å². The minimum absolute atomic E-state index is 0.218. The molecule has 2 fully saturated rings. The van der Waals surface area contributed by atoms with Gasteiger partial charge in [0, 0.05) is 61.8 Å². The number of hydrogen-bond donors (Lipinski definition) is 0. The van der Waals surface area contributed by atoms with Crippen LogP contribution in [0.4, 0.5) is 16.3 Å². The van der Waals surface area contributed by atoms with Gasteiger partial charge in [-0.2, -0.15) is 15.2 Å². The van der Waals surface area contributed by atoms with E-state index in [9.17, 15) is 10.1 Å². The number of aromatic nitrogens is 2. The molecule has 2 saturated heterocycles. The summed E-state index contributed by atoms with van der Waals surface area (Å²) in [6, 6.07) is 17.8. The molecule has 0 saturated carbocycles. The molecule has 0 unspecified atom stereocenters. The highest BCUT2D eigenvalue weighted by atomic mass is 16.6. The number of likely N-dealkylation sites (tertiary alicyclic amines) is 1. The Morgan fingerprint density at radius 1 is 0.978 bits per heavy atom. The molecular weight excluding hydrogens is 566 g/mol. The second-order valence-electron chi connectivity index (χ2n) is 13.5. The number of hydrogen-bond acceptors (Lipinski definition) is 9. The van der Waals surface area contributed by atoms with Crippen LogP contribution in [0.25, 0.3) is 10.8 Å². The molecule has 2 aromatic carbocycles. The summed E-state index contributed by atoms with van der Waals surface area (Å²) in [6.07, 6.45) is 3.68. The van der Waals surface area contributed by atoms with Gasteiger partial charge in [-0.3, -0.25) is 0 Å². The van der Waals surface area contributed by atoms with Crippen LogP contribution in [0.5, 0.6) is 6.01 Å². The second kappa shape index (κ2) is 13.1. The maximum absolute atomic E-state index is 13.1. The number of carbonyl (C=O) groups is 1. The van der Waals surface area contributed by atoms with Crippen LogP contribution in [0, 0.1) is 11.3 Å². The largest absolute Gasteiger partial charge is 0.462 e. The maximum atomic E-state index is 13.1. The van der Waals surface area contributed by atoms with Crippen molar-refractivity contribution in [1.82, 2.24) is 19.8 Å². The Balaban J connectivity index is 1.29. The van der Waals surface area contributed by atoms with Crippen molar-refractivity contribution in [3.63, 3.8) is 0 Å². The summed E-state index contributed by atoms with van der Waals surface area (Å²) in [5, 5.41) is 12.2. The van der Waals surface area contributed by atoms with Crippen LogP contribution in [-0.4, -0.2) is 96.5 Å². The van der Waals surface area contributed by atoms with Gasteiger partial charge in [-0.05, 0) is 65.1 Å². The number of ether oxygens (including phenoxy) is 2. The van der Waals surface area contributed by atoms with Gasteiger partial charge in [-0.25, -0.2) is 4.79 Å². The standard InChI is InChI=1S/C35H45N7O3/c1-35(2,3)45-34(43)42-22-21-41(23-26(42)14-17-36)32-29-15-19-40(31-13-7-10-25-9-5-6-12-28(25)31)20-16-30(29)37-33(38-32)44-24-27-11-8-18-39(27)4/h5-7,9-10,12-13,26-27H,8,11,14-16,18-24H2,1-4H3/t26-,27+/m1/s1. The summed E-state index contributed by atoms with van der Waals surface area (Å²) < 4.78 is 12.0. The van der Waals surface area contributed by atoms with Crippen LogP contribution in [0.2, 0.25) is 0 Å².